The molecule has 1 unspecified atom stereocenters. The molecule has 66 heavy (non-hydrogen) atoms. The van der Waals surface area contributed by atoms with Crippen molar-refractivity contribution in [3.8, 4) is 11.5 Å². The van der Waals surface area contributed by atoms with Crippen LogP contribution in [0.2, 0.25) is 0 Å². The molecule has 0 radical (unpaired) electrons. The number of benzene rings is 2. The van der Waals surface area contributed by atoms with Crippen molar-refractivity contribution in [3.63, 3.8) is 0 Å². The van der Waals surface area contributed by atoms with Crippen LogP contribution in [-0.4, -0.2) is 137 Å². The molecule has 16 nitrogen and oxygen atoms in total. The Morgan fingerprint density at radius 3 is 2.11 bits per heavy atom. The number of amides is 4. The van der Waals surface area contributed by atoms with Gasteiger partial charge in [0.15, 0.2) is 0 Å². The van der Waals surface area contributed by atoms with Gasteiger partial charge in [0.1, 0.15) is 12.1 Å². The van der Waals surface area contributed by atoms with E-state index < -0.39 is 54.3 Å². The maximum absolute atomic E-state index is 14.5. The van der Waals surface area contributed by atoms with E-state index in [9.17, 15) is 24.0 Å². The second kappa shape index (κ2) is 25.6. The topological polar surface area (TPSA) is 197 Å². The van der Waals surface area contributed by atoms with Gasteiger partial charge in [0, 0.05) is 46.2 Å². The average molecular weight is 918 g/mol. The minimum atomic E-state index is -0.895. The molecule has 1 aliphatic rings. The van der Waals surface area contributed by atoms with E-state index in [1.165, 1.54) is 0 Å². The zero-order valence-electron chi connectivity index (χ0n) is 40.9. The second-order valence-corrected chi connectivity index (χ2v) is 18.5. The van der Waals surface area contributed by atoms with Crippen molar-refractivity contribution in [2.45, 2.75) is 136 Å². The molecule has 364 valence electrons. The SMILES string of the molecule is CC[C@H](C)C([C@@H](CC(=O)N1CCC[C@H]1[C@H](OC)[C@@H](C)C(=O)N[C@@H](Cc1ccccc1)c1nnc(-c2ccccc2)o1)OC)N(C)C(=O)[C@@H](NC(=O)[C@H](C(C)C)N(C)CCCC(=O)O)C(C)C. The Labute approximate surface area is 391 Å². The van der Waals surface area contributed by atoms with Gasteiger partial charge in [-0.15, -0.1) is 10.2 Å². The highest BCUT2D eigenvalue weighted by atomic mass is 16.5. The molecule has 0 spiro atoms. The third-order valence-electron chi connectivity index (χ3n) is 13.1. The summed E-state index contributed by atoms with van der Waals surface area (Å²) in [6.45, 7) is 14.3. The number of carbonyl (C=O) groups is 5. The summed E-state index contributed by atoms with van der Waals surface area (Å²) in [7, 11) is 6.60. The third kappa shape index (κ3) is 14.2. The fourth-order valence-electron chi connectivity index (χ4n) is 9.33. The third-order valence-corrected chi connectivity index (χ3v) is 13.1. The Bertz CT molecular complexity index is 2000. The molecule has 0 saturated carbocycles. The van der Waals surface area contributed by atoms with Gasteiger partial charge >= 0.3 is 5.97 Å². The van der Waals surface area contributed by atoms with Crippen LogP contribution in [0.1, 0.15) is 104 Å². The molecule has 16 heteroatoms. The molecule has 4 rings (SSSR count). The number of hydrogen-bond donors (Lipinski definition) is 3. The number of nitrogens with one attached hydrogen (secondary N) is 2. The summed E-state index contributed by atoms with van der Waals surface area (Å²) in [6, 6.07) is 16.2. The molecule has 0 bridgehead atoms. The molecule has 4 amide bonds. The number of carboxylic acid groups (broad SMARTS) is 1. The van der Waals surface area contributed by atoms with Crippen LogP contribution in [0.4, 0.5) is 0 Å². The summed E-state index contributed by atoms with van der Waals surface area (Å²) in [5.41, 5.74) is 1.74. The van der Waals surface area contributed by atoms with Crippen molar-refractivity contribution in [2.75, 3.05) is 41.4 Å². The summed E-state index contributed by atoms with van der Waals surface area (Å²) in [4.78, 5) is 73.6. The fourth-order valence-corrected chi connectivity index (χ4v) is 9.33. The van der Waals surface area contributed by atoms with E-state index >= 15 is 0 Å². The summed E-state index contributed by atoms with van der Waals surface area (Å²) >= 11 is 0. The predicted octanol–water partition coefficient (Wildman–Crippen LogP) is 6.02. The highest BCUT2D eigenvalue weighted by Gasteiger charge is 2.43. The summed E-state index contributed by atoms with van der Waals surface area (Å²) in [6.07, 6.45) is 1.48. The van der Waals surface area contributed by atoms with Crippen LogP contribution in [0.3, 0.4) is 0 Å². The van der Waals surface area contributed by atoms with Crippen molar-refractivity contribution in [1.29, 1.82) is 0 Å². The number of aliphatic carboxylic acids is 1. The van der Waals surface area contributed by atoms with Crippen molar-refractivity contribution >= 4 is 29.6 Å². The lowest BCUT2D eigenvalue weighted by Crippen LogP contribution is -2.60. The van der Waals surface area contributed by atoms with E-state index in [4.69, 9.17) is 19.0 Å². The minimum Gasteiger partial charge on any atom is -0.481 e. The molecule has 3 N–H and O–H groups in total. The fraction of sp³-hybridized carbons (Fsp3) is 0.620. The number of carboxylic acids is 1. The molecule has 9 atom stereocenters. The summed E-state index contributed by atoms with van der Waals surface area (Å²) in [5, 5.41) is 24.0. The molecule has 1 aliphatic heterocycles. The van der Waals surface area contributed by atoms with Gasteiger partial charge in [0.05, 0.1) is 42.7 Å². The van der Waals surface area contributed by atoms with Crippen LogP contribution in [0, 0.1) is 23.7 Å². The molecule has 3 aromatic rings. The second-order valence-electron chi connectivity index (χ2n) is 18.5. The van der Waals surface area contributed by atoms with Crippen LogP contribution < -0.4 is 10.6 Å². The number of carbonyl (C=O) groups excluding carboxylic acids is 4. The molecule has 2 heterocycles. The van der Waals surface area contributed by atoms with E-state index in [2.05, 4.69) is 20.8 Å². The maximum Gasteiger partial charge on any atom is 0.303 e. The first-order valence-electron chi connectivity index (χ1n) is 23.5. The Morgan fingerprint density at radius 1 is 0.879 bits per heavy atom. The molecule has 1 aromatic heterocycles. The molecule has 0 aliphatic carbocycles. The van der Waals surface area contributed by atoms with Crippen molar-refractivity contribution in [1.82, 2.24) is 35.5 Å². The van der Waals surface area contributed by atoms with E-state index in [1.807, 2.05) is 107 Å². The van der Waals surface area contributed by atoms with Gasteiger partial charge < -0.3 is 39.4 Å². The van der Waals surface area contributed by atoms with Crippen molar-refractivity contribution in [2.24, 2.45) is 23.7 Å². The standard InChI is InChI=1S/C50H75N7O9/c1-12-33(6)44(56(9)50(63)42(31(2)3)52-47(62)43(32(4)5)55(8)27-20-26-41(59)60)39(64-10)30-40(58)57-28-19-25-38(57)45(65-11)34(7)46(61)51-37(29-35-21-15-13-16-22-35)49-54-53-48(66-49)36-23-17-14-18-24-36/h13-18,21-24,31-34,37-39,42-45H,12,19-20,25-30H2,1-11H3,(H,51,61)(H,52,62)(H,59,60)/t33-,34+,37-,38-,39+,42-,43-,44?,45+/m0/s1. The van der Waals surface area contributed by atoms with Crippen LogP contribution in [0.25, 0.3) is 11.5 Å². The Morgan fingerprint density at radius 2 is 1.53 bits per heavy atom. The number of ether oxygens (including phenoxy) is 2. The van der Waals surface area contributed by atoms with Gasteiger partial charge in [0.25, 0.3) is 0 Å². The first kappa shape index (κ1) is 53.4. The van der Waals surface area contributed by atoms with Crippen molar-refractivity contribution < 1.29 is 43.0 Å². The summed E-state index contributed by atoms with van der Waals surface area (Å²) < 4.78 is 18.3. The molecule has 2 aromatic carbocycles. The first-order chi connectivity index (χ1) is 31.4. The number of hydrogen-bond acceptors (Lipinski definition) is 11. The number of likely N-dealkylation sites (tertiary alicyclic amines) is 1. The number of aromatic nitrogens is 2. The maximum atomic E-state index is 14.5. The Balaban J connectivity index is 1.50. The minimum absolute atomic E-state index is 0.00721. The number of likely N-dealkylation sites (N-methyl/N-ethyl adjacent to an activating group) is 2. The quantitative estimate of drug-likeness (QED) is 0.0849. The molecule has 1 fully saturated rings. The van der Waals surface area contributed by atoms with Gasteiger partial charge in [-0.3, -0.25) is 28.9 Å². The molecular formula is C50H75N7O9. The van der Waals surface area contributed by atoms with Crippen LogP contribution >= 0.6 is 0 Å². The van der Waals surface area contributed by atoms with Gasteiger partial charge in [-0.1, -0.05) is 103 Å². The first-order valence-corrected chi connectivity index (χ1v) is 23.5. The number of rotatable bonds is 26. The van der Waals surface area contributed by atoms with E-state index in [0.717, 1.165) is 17.5 Å². The van der Waals surface area contributed by atoms with Gasteiger partial charge in [-0.05, 0) is 68.3 Å². The largest absolute Gasteiger partial charge is 0.481 e. The number of nitrogens with zero attached hydrogens (tertiary/aromatic N) is 5. The van der Waals surface area contributed by atoms with Crippen LogP contribution in [-0.2, 0) is 39.9 Å². The van der Waals surface area contributed by atoms with Gasteiger partial charge in [0.2, 0.25) is 35.4 Å². The highest BCUT2D eigenvalue weighted by molar-refractivity contribution is 5.90. The van der Waals surface area contributed by atoms with Crippen LogP contribution in [0.15, 0.2) is 65.1 Å². The lowest BCUT2D eigenvalue weighted by molar-refractivity contribution is -0.148. The molecule has 1 saturated heterocycles. The average Bonchev–Trinajstić information content (AvgIpc) is 3.99. The molecular weight excluding hydrogens is 843 g/mol. The van der Waals surface area contributed by atoms with Crippen molar-refractivity contribution in [3.05, 3.63) is 72.1 Å². The normalized spacial score (nSPS) is 17.7. The van der Waals surface area contributed by atoms with E-state index in [-0.39, 0.29) is 60.1 Å². The predicted molar refractivity (Wildman–Crippen MR) is 252 cm³/mol. The number of methoxy groups -OCH3 is 2. The lowest BCUT2D eigenvalue weighted by atomic mass is 9.89. The Hall–Kier alpha value is -5.19. The Kier molecular flexibility index (Phi) is 20.8. The smallest absolute Gasteiger partial charge is 0.303 e. The zero-order chi connectivity index (χ0) is 48.7. The lowest BCUT2D eigenvalue weighted by Gasteiger charge is -2.41. The zero-order valence-corrected chi connectivity index (χ0v) is 40.9. The highest BCUT2D eigenvalue weighted by Crippen LogP contribution is 2.31. The van der Waals surface area contributed by atoms with E-state index in [0.29, 0.717) is 44.7 Å². The summed E-state index contributed by atoms with van der Waals surface area (Å²) in [5.74, 6) is -2.48. The van der Waals surface area contributed by atoms with Crippen LogP contribution in [0.5, 0.6) is 0 Å². The van der Waals surface area contributed by atoms with Gasteiger partial charge in [-0.25, -0.2) is 0 Å². The van der Waals surface area contributed by atoms with Gasteiger partial charge in [-0.2, -0.15) is 0 Å². The van der Waals surface area contributed by atoms with E-state index in [1.54, 1.807) is 45.0 Å². The monoisotopic (exact) mass is 918 g/mol.